The van der Waals surface area contributed by atoms with E-state index in [1.165, 1.54) is 21.7 Å². The topological polar surface area (TPSA) is 82.8 Å². The molecule has 0 bridgehead atoms. The van der Waals surface area contributed by atoms with Crippen LogP contribution < -0.4 is 0 Å². The molecule has 0 unspecified atom stereocenters. The molecular weight excluding hydrogens is 386 g/mol. The SMILES string of the molecule is Cc1ccc(-c2nnn(CC(=O)OCc3csc(-c4ccc(C)cc4)n3)n2)cc1. The molecule has 29 heavy (non-hydrogen) atoms. The molecule has 0 atom stereocenters. The van der Waals surface area contributed by atoms with E-state index in [1.807, 2.05) is 67.8 Å². The summed E-state index contributed by atoms with van der Waals surface area (Å²) in [6.07, 6.45) is 0. The maximum absolute atomic E-state index is 12.1. The van der Waals surface area contributed by atoms with Crippen LogP contribution in [0.2, 0.25) is 0 Å². The summed E-state index contributed by atoms with van der Waals surface area (Å²) in [4.78, 5) is 17.9. The number of nitrogens with zero attached hydrogens (tertiary/aromatic N) is 5. The van der Waals surface area contributed by atoms with Crippen molar-refractivity contribution in [2.75, 3.05) is 0 Å². The summed E-state index contributed by atoms with van der Waals surface area (Å²) in [7, 11) is 0. The van der Waals surface area contributed by atoms with Gasteiger partial charge in [0.2, 0.25) is 5.82 Å². The van der Waals surface area contributed by atoms with E-state index in [0.717, 1.165) is 21.7 Å². The van der Waals surface area contributed by atoms with Crippen LogP contribution in [0.5, 0.6) is 0 Å². The summed E-state index contributed by atoms with van der Waals surface area (Å²) in [5.41, 5.74) is 4.96. The standard InChI is InChI=1S/C21H19N5O2S/c1-14-3-7-16(8-4-14)20-23-25-26(24-20)11-19(27)28-12-18-13-29-21(22-18)17-9-5-15(2)6-10-17/h3-10,13H,11-12H2,1-2H3. The highest BCUT2D eigenvalue weighted by Gasteiger charge is 2.12. The summed E-state index contributed by atoms with van der Waals surface area (Å²) in [6, 6.07) is 16.0. The van der Waals surface area contributed by atoms with Gasteiger partial charge in [-0.2, -0.15) is 4.80 Å². The first-order valence-electron chi connectivity index (χ1n) is 9.09. The molecule has 2 aromatic heterocycles. The second kappa shape index (κ2) is 8.32. The molecule has 0 fully saturated rings. The Hall–Kier alpha value is -3.39. The molecule has 4 aromatic rings. The molecule has 0 aliphatic rings. The summed E-state index contributed by atoms with van der Waals surface area (Å²) in [5, 5.41) is 14.9. The monoisotopic (exact) mass is 405 g/mol. The van der Waals surface area contributed by atoms with Crippen molar-refractivity contribution < 1.29 is 9.53 Å². The molecule has 146 valence electrons. The third-order valence-electron chi connectivity index (χ3n) is 4.26. The van der Waals surface area contributed by atoms with Crippen molar-refractivity contribution in [3.8, 4) is 22.0 Å². The zero-order valence-electron chi connectivity index (χ0n) is 16.1. The zero-order valence-corrected chi connectivity index (χ0v) is 16.9. The van der Waals surface area contributed by atoms with Crippen molar-refractivity contribution in [1.29, 1.82) is 0 Å². The number of carbonyl (C=O) groups excluding carboxylic acids is 1. The molecule has 8 heteroatoms. The van der Waals surface area contributed by atoms with Gasteiger partial charge < -0.3 is 4.74 Å². The third kappa shape index (κ3) is 4.72. The van der Waals surface area contributed by atoms with Crippen molar-refractivity contribution in [2.24, 2.45) is 0 Å². The fraction of sp³-hybridized carbons (Fsp3) is 0.190. The van der Waals surface area contributed by atoms with E-state index in [9.17, 15) is 4.79 Å². The first-order chi connectivity index (χ1) is 14.1. The van der Waals surface area contributed by atoms with E-state index in [-0.39, 0.29) is 13.2 Å². The minimum atomic E-state index is -0.442. The van der Waals surface area contributed by atoms with Gasteiger partial charge in [-0.05, 0) is 19.1 Å². The van der Waals surface area contributed by atoms with Crippen LogP contribution in [0, 0.1) is 13.8 Å². The van der Waals surface area contributed by atoms with Crippen LogP contribution in [0.15, 0.2) is 53.9 Å². The van der Waals surface area contributed by atoms with Gasteiger partial charge in [-0.15, -0.1) is 21.5 Å². The molecule has 0 aliphatic heterocycles. The molecule has 0 saturated carbocycles. The van der Waals surface area contributed by atoms with Crippen molar-refractivity contribution in [1.82, 2.24) is 25.2 Å². The van der Waals surface area contributed by atoms with Gasteiger partial charge in [0.25, 0.3) is 0 Å². The van der Waals surface area contributed by atoms with Crippen LogP contribution in [0.3, 0.4) is 0 Å². The quantitative estimate of drug-likeness (QED) is 0.454. The number of aromatic nitrogens is 5. The molecule has 0 radical (unpaired) electrons. The Balaban J connectivity index is 1.33. The third-order valence-corrected chi connectivity index (χ3v) is 5.20. The number of tetrazole rings is 1. The fourth-order valence-electron chi connectivity index (χ4n) is 2.65. The van der Waals surface area contributed by atoms with Gasteiger partial charge in [0.1, 0.15) is 11.6 Å². The molecule has 0 aliphatic carbocycles. The van der Waals surface area contributed by atoms with E-state index in [2.05, 4.69) is 20.4 Å². The summed E-state index contributed by atoms with van der Waals surface area (Å²) < 4.78 is 5.31. The van der Waals surface area contributed by atoms with Crippen LogP contribution in [0.1, 0.15) is 16.8 Å². The average Bonchev–Trinajstić information content (AvgIpc) is 3.37. The van der Waals surface area contributed by atoms with Crippen LogP contribution in [-0.2, 0) is 22.7 Å². The highest BCUT2D eigenvalue weighted by molar-refractivity contribution is 7.13. The minimum Gasteiger partial charge on any atom is -0.458 e. The number of ether oxygens (including phenoxy) is 1. The van der Waals surface area contributed by atoms with E-state index in [1.54, 1.807) is 0 Å². The van der Waals surface area contributed by atoms with Gasteiger partial charge in [-0.3, -0.25) is 0 Å². The highest BCUT2D eigenvalue weighted by Crippen LogP contribution is 2.24. The Morgan fingerprint density at radius 3 is 2.34 bits per heavy atom. The second-order valence-corrected chi connectivity index (χ2v) is 7.54. The number of hydrogen-bond donors (Lipinski definition) is 0. The molecule has 0 saturated heterocycles. The largest absolute Gasteiger partial charge is 0.458 e. The molecular formula is C21H19N5O2S. The Morgan fingerprint density at radius 1 is 1.00 bits per heavy atom. The number of esters is 1. The van der Waals surface area contributed by atoms with Gasteiger partial charge in [0.15, 0.2) is 6.54 Å². The fourth-order valence-corrected chi connectivity index (χ4v) is 3.46. The molecule has 4 rings (SSSR count). The Kier molecular flexibility index (Phi) is 5.44. The van der Waals surface area contributed by atoms with Crippen molar-refractivity contribution in [2.45, 2.75) is 27.0 Å². The molecule has 2 heterocycles. The molecule has 0 amide bonds. The smallest absolute Gasteiger partial charge is 0.330 e. The maximum atomic E-state index is 12.1. The highest BCUT2D eigenvalue weighted by atomic mass is 32.1. The van der Waals surface area contributed by atoms with Gasteiger partial charge in [0, 0.05) is 16.5 Å². The van der Waals surface area contributed by atoms with Gasteiger partial charge in [-0.25, -0.2) is 9.78 Å². The predicted molar refractivity (Wildman–Crippen MR) is 110 cm³/mol. The van der Waals surface area contributed by atoms with E-state index < -0.39 is 5.97 Å². The number of thiazole rings is 1. The van der Waals surface area contributed by atoms with E-state index >= 15 is 0 Å². The Morgan fingerprint density at radius 2 is 1.66 bits per heavy atom. The number of carbonyl (C=O) groups is 1. The first kappa shape index (κ1) is 18.9. The minimum absolute atomic E-state index is 0.103. The van der Waals surface area contributed by atoms with Crippen molar-refractivity contribution >= 4 is 17.3 Å². The van der Waals surface area contributed by atoms with Gasteiger partial charge >= 0.3 is 5.97 Å². The maximum Gasteiger partial charge on any atom is 0.330 e. The van der Waals surface area contributed by atoms with Crippen molar-refractivity contribution in [3.63, 3.8) is 0 Å². The van der Waals surface area contributed by atoms with Crippen LogP contribution >= 0.6 is 11.3 Å². The van der Waals surface area contributed by atoms with Gasteiger partial charge in [0.05, 0.1) is 5.69 Å². The number of hydrogen-bond acceptors (Lipinski definition) is 7. The second-order valence-electron chi connectivity index (χ2n) is 6.68. The Labute approximate surface area is 172 Å². The molecule has 7 nitrogen and oxygen atoms in total. The number of rotatable bonds is 6. The summed E-state index contributed by atoms with van der Waals surface area (Å²) in [6.45, 7) is 4.06. The lowest BCUT2D eigenvalue weighted by molar-refractivity contribution is -0.146. The van der Waals surface area contributed by atoms with E-state index in [0.29, 0.717) is 11.5 Å². The molecule has 0 N–H and O–H groups in total. The average molecular weight is 405 g/mol. The van der Waals surface area contributed by atoms with Crippen LogP contribution in [-0.4, -0.2) is 31.2 Å². The first-order valence-corrected chi connectivity index (χ1v) is 9.97. The lowest BCUT2D eigenvalue weighted by Crippen LogP contribution is -2.15. The van der Waals surface area contributed by atoms with E-state index in [4.69, 9.17) is 4.74 Å². The summed E-state index contributed by atoms with van der Waals surface area (Å²) in [5.74, 6) is 0.0304. The molecule has 2 aromatic carbocycles. The van der Waals surface area contributed by atoms with Gasteiger partial charge in [-0.1, -0.05) is 59.7 Å². The van der Waals surface area contributed by atoms with Crippen LogP contribution in [0.25, 0.3) is 22.0 Å². The van der Waals surface area contributed by atoms with Crippen molar-refractivity contribution in [3.05, 3.63) is 70.7 Å². The normalized spacial score (nSPS) is 10.8. The summed E-state index contributed by atoms with van der Waals surface area (Å²) >= 11 is 1.52. The lowest BCUT2D eigenvalue weighted by Gasteiger charge is -2.02. The Bertz CT molecular complexity index is 1120. The number of benzene rings is 2. The predicted octanol–water partition coefficient (Wildman–Crippen LogP) is 3.82. The zero-order chi connectivity index (χ0) is 20.2. The lowest BCUT2D eigenvalue weighted by atomic mass is 10.1. The van der Waals surface area contributed by atoms with Crippen LogP contribution in [0.4, 0.5) is 0 Å². The number of aryl methyl sites for hydroxylation is 2. The molecule has 0 spiro atoms.